The predicted octanol–water partition coefficient (Wildman–Crippen LogP) is 4.94. The number of phenols is 1. The van der Waals surface area contributed by atoms with E-state index >= 15 is 0 Å². The van der Waals surface area contributed by atoms with Crippen molar-refractivity contribution in [3.8, 4) is 22.9 Å². The molecule has 0 saturated heterocycles. The van der Waals surface area contributed by atoms with Gasteiger partial charge in [0.15, 0.2) is 0 Å². The number of hydrogen-bond donors (Lipinski definition) is 1. The lowest BCUT2D eigenvalue weighted by atomic mass is 9.90. The Hall–Kier alpha value is -3.64. The summed E-state index contributed by atoms with van der Waals surface area (Å²) in [6, 6.07) is 19.3. The van der Waals surface area contributed by atoms with Gasteiger partial charge in [0.05, 0.1) is 23.7 Å². The maximum absolute atomic E-state index is 13.8. The Morgan fingerprint density at radius 3 is 2.65 bits per heavy atom. The molecule has 0 atom stereocenters. The van der Waals surface area contributed by atoms with Gasteiger partial charge in [0.2, 0.25) is 0 Å². The third-order valence-electron chi connectivity index (χ3n) is 5.79. The molecule has 6 heteroatoms. The molecule has 1 N–H and O–H groups in total. The van der Waals surface area contributed by atoms with Gasteiger partial charge >= 0.3 is 0 Å². The largest absolute Gasteiger partial charge is 0.506 e. The quantitative estimate of drug-likeness (QED) is 0.433. The molecule has 152 valence electrons. The first kappa shape index (κ1) is 18.2. The number of thiophene rings is 1. The number of rotatable bonds is 4. The first-order valence-electron chi connectivity index (χ1n) is 10.0. The molecular formula is C25H18N2O3S. The van der Waals surface area contributed by atoms with Gasteiger partial charge in [-0.3, -0.25) is 9.36 Å². The molecule has 31 heavy (non-hydrogen) atoms. The maximum atomic E-state index is 13.8. The van der Waals surface area contributed by atoms with E-state index in [1.54, 1.807) is 23.8 Å². The molecule has 2 bridgehead atoms. The Kier molecular flexibility index (Phi) is 3.91. The van der Waals surface area contributed by atoms with Crippen LogP contribution in [0.5, 0.6) is 11.5 Å². The highest BCUT2D eigenvalue weighted by molar-refractivity contribution is 7.25. The van der Waals surface area contributed by atoms with E-state index in [4.69, 9.17) is 9.72 Å². The van der Waals surface area contributed by atoms with Crippen molar-refractivity contribution in [1.82, 2.24) is 9.55 Å². The summed E-state index contributed by atoms with van der Waals surface area (Å²) in [5.74, 6) is 1.47. The molecule has 0 unspecified atom stereocenters. The first-order valence-corrected chi connectivity index (χ1v) is 10.8. The maximum Gasteiger partial charge on any atom is 0.263 e. The van der Waals surface area contributed by atoms with Gasteiger partial charge in [-0.2, -0.15) is 0 Å². The van der Waals surface area contributed by atoms with Crippen LogP contribution in [-0.4, -0.2) is 21.8 Å². The van der Waals surface area contributed by atoms with E-state index in [1.165, 1.54) is 22.5 Å². The summed E-state index contributed by atoms with van der Waals surface area (Å²) in [6.07, 6.45) is 1.01. The molecule has 5 nitrogen and oxygen atoms in total. The Morgan fingerprint density at radius 2 is 1.87 bits per heavy atom. The van der Waals surface area contributed by atoms with E-state index in [-0.39, 0.29) is 11.3 Å². The van der Waals surface area contributed by atoms with Crippen molar-refractivity contribution in [2.75, 3.05) is 7.11 Å². The number of aromatic hydroxyl groups is 1. The second-order valence-electron chi connectivity index (χ2n) is 7.83. The van der Waals surface area contributed by atoms with Crippen molar-refractivity contribution >= 4 is 31.6 Å². The first-order chi connectivity index (χ1) is 15.1. The summed E-state index contributed by atoms with van der Waals surface area (Å²) >= 11 is 1.34. The molecule has 3 aromatic carbocycles. The minimum atomic E-state index is -0.104. The topological polar surface area (TPSA) is 64.3 Å². The van der Waals surface area contributed by atoms with Gasteiger partial charge in [-0.05, 0) is 41.3 Å². The van der Waals surface area contributed by atoms with E-state index < -0.39 is 0 Å². The third-order valence-corrected chi connectivity index (χ3v) is 6.91. The second-order valence-corrected chi connectivity index (χ2v) is 8.83. The second kappa shape index (κ2) is 6.68. The Labute approximate surface area is 181 Å². The van der Waals surface area contributed by atoms with Crippen molar-refractivity contribution in [2.45, 2.75) is 13.0 Å². The van der Waals surface area contributed by atoms with Crippen LogP contribution in [0.25, 0.3) is 31.7 Å². The number of benzene rings is 3. The van der Waals surface area contributed by atoms with Gasteiger partial charge in [-0.15, -0.1) is 11.3 Å². The normalized spacial score (nSPS) is 12.3. The van der Waals surface area contributed by atoms with Crippen LogP contribution in [0.15, 0.2) is 65.5 Å². The zero-order valence-electron chi connectivity index (χ0n) is 16.8. The van der Waals surface area contributed by atoms with Gasteiger partial charge in [-0.1, -0.05) is 42.5 Å². The van der Waals surface area contributed by atoms with Crippen molar-refractivity contribution in [1.29, 1.82) is 0 Å². The minimum absolute atomic E-state index is 0.104. The number of ether oxygens (including phenoxy) is 1. The van der Waals surface area contributed by atoms with Crippen LogP contribution in [0.1, 0.15) is 16.7 Å². The van der Waals surface area contributed by atoms with Crippen LogP contribution < -0.4 is 10.3 Å². The summed E-state index contributed by atoms with van der Waals surface area (Å²) in [5, 5.41) is 11.6. The summed E-state index contributed by atoms with van der Waals surface area (Å²) in [5.41, 5.74) is 4.39. The molecule has 0 saturated carbocycles. The monoisotopic (exact) mass is 426 g/mol. The molecule has 0 spiro atoms. The number of fused-ring (bicyclic) bond motifs is 5. The van der Waals surface area contributed by atoms with Gasteiger partial charge in [0.1, 0.15) is 22.2 Å². The molecule has 2 heterocycles. The predicted molar refractivity (Wildman–Crippen MR) is 123 cm³/mol. The molecule has 0 radical (unpaired) electrons. The SMILES string of the molecule is COc1cccc(-c2nc3sc4c(O)cccc4c3c(=O)n2Cc2cc3cc(c2)C3)c1. The molecular weight excluding hydrogens is 408 g/mol. The molecule has 7 rings (SSSR count). The average molecular weight is 426 g/mol. The van der Waals surface area contributed by atoms with E-state index in [0.717, 1.165) is 22.9 Å². The summed E-state index contributed by atoms with van der Waals surface area (Å²) in [7, 11) is 1.62. The van der Waals surface area contributed by atoms with Crippen molar-refractivity contribution in [2.24, 2.45) is 0 Å². The molecule has 0 fully saturated rings. The van der Waals surface area contributed by atoms with Crippen LogP contribution in [0, 0.1) is 0 Å². The fraction of sp³-hybridized carbons (Fsp3) is 0.120. The number of aromatic nitrogens is 2. The van der Waals surface area contributed by atoms with Gasteiger partial charge in [0.25, 0.3) is 5.56 Å². The van der Waals surface area contributed by atoms with Crippen LogP contribution in [0.4, 0.5) is 0 Å². The van der Waals surface area contributed by atoms with E-state index in [1.807, 2.05) is 30.3 Å². The number of hydrogen-bond acceptors (Lipinski definition) is 5. The molecule has 0 aliphatic heterocycles. The summed E-state index contributed by atoms with van der Waals surface area (Å²) in [4.78, 5) is 19.3. The minimum Gasteiger partial charge on any atom is -0.506 e. The highest BCUT2D eigenvalue weighted by Crippen LogP contribution is 2.37. The molecule has 2 aliphatic rings. The highest BCUT2D eigenvalue weighted by Gasteiger charge is 2.20. The lowest BCUT2D eigenvalue weighted by Gasteiger charge is -2.19. The van der Waals surface area contributed by atoms with Gasteiger partial charge in [0, 0.05) is 10.9 Å². The number of nitrogens with zero attached hydrogens (tertiary/aromatic N) is 2. The molecule has 2 aromatic heterocycles. The van der Waals surface area contributed by atoms with E-state index in [0.29, 0.717) is 33.0 Å². The Balaban J connectivity index is 1.65. The van der Waals surface area contributed by atoms with Crippen molar-refractivity contribution in [3.63, 3.8) is 0 Å². The fourth-order valence-corrected chi connectivity index (χ4v) is 5.39. The van der Waals surface area contributed by atoms with Crippen molar-refractivity contribution < 1.29 is 9.84 Å². The zero-order chi connectivity index (χ0) is 21.1. The summed E-state index contributed by atoms with van der Waals surface area (Å²) < 4.78 is 7.81. The van der Waals surface area contributed by atoms with E-state index in [2.05, 4.69) is 18.2 Å². The summed E-state index contributed by atoms with van der Waals surface area (Å²) in [6.45, 7) is 0.436. The lowest BCUT2D eigenvalue weighted by Crippen LogP contribution is -2.24. The van der Waals surface area contributed by atoms with E-state index in [9.17, 15) is 9.90 Å². The molecule has 2 aliphatic carbocycles. The average Bonchev–Trinajstić information content (AvgIpc) is 3.15. The number of phenolic OH excluding ortho intramolecular Hbond substituents is 1. The van der Waals surface area contributed by atoms with Crippen LogP contribution in [0.3, 0.4) is 0 Å². The third kappa shape index (κ3) is 2.83. The fourth-order valence-electron chi connectivity index (χ4n) is 4.32. The molecule has 0 amide bonds. The number of methoxy groups -OCH3 is 1. The smallest absolute Gasteiger partial charge is 0.263 e. The van der Waals surface area contributed by atoms with Crippen LogP contribution in [0.2, 0.25) is 0 Å². The van der Waals surface area contributed by atoms with Crippen LogP contribution in [-0.2, 0) is 13.0 Å². The Bertz CT molecular complexity index is 1540. The highest BCUT2D eigenvalue weighted by atomic mass is 32.1. The molecule has 5 aromatic rings. The van der Waals surface area contributed by atoms with Gasteiger partial charge in [-0.25, -0.2) is 4.98 Å². The standard InChI is InChI=1S/C25H18N2O3S/c1-30-18-5-2-4-17(12-18)23-26-24-21(19-6-3-7-20(28)22(19)31-24)25(29)27(23)13-16-10-14-8-15(9-14)11-16/h2-8,10-12,28H,9,13H2,1H3. The zero-order valence-corrected chi connectivity index (χ0v) is 17.6. The van der Waals surface area contributed by atoms with Crippen LogP contribution >= 0.6 is 11.3 Å². The Morgan fingerprint density at radius 1 is 1.10 bits per heavy atom. The van der Waals surface area contributed by atoms with Crippen molar-refractivity contribution in [3.05, 3.63) is 87.7 Å². The lowest BCUT2D eigenvalue weighted by molar-refractivity contribution is 0.415. The van der Waals surface area contributed by atoms with Gasteiger partial charge < -0.3 is 9.84 Å².